The summed E-state index contributed by atoms with van der Waals surface area (Å²) in [6.07, 6.45) is 3.27. The van der Waals surface area contributed by atoms with Crippen LogP contribution in [-0.4, -0.2) is 17.5 Å². The Morgan fingerprint density at radius 3 is 2.85 bits per heavy atom. The first-order chi connectivity index (χ1) is 6.13. The standard InChI is InChI=1S/C9H12N2O2/c1-7-5-11(4-3-8(7)12)6-9(13)10-2/h3-5H,6H2,1-2H3,(H,10,13). The zero-order valence-corrected chi connectivity index (χ0v) is 7.70. The number of nitrogens with one attached hydrogen (secondary N) is 1. The van der Waals surface area contributed by atoms with Gasteiger partial charge in [-0.2, -0.15) is 0 Å². The van der Waals surface area contributed by atoms with Crippen LogP contribution in [0.3, 0.4) is 0 Å². The normalized spacial score (nSPS) is 9.69. The minimum absolute atomic E-state index is 0.00634. The Bertz CT molecular complexity index is 368. The Kier molecular flexibility index (Phi) is 2.84. The van der Waals surface area contributed by atoms with E-state index in [2.05, 4.69) is 5.32 Å². The van der Waals surface area contributed by atoms with Gasteiger partial charge in [0.15, 0.2) is 5.43 Å². The molecule has 0 aliphatic heterocycles. The summed E-state index contributed by atoms with van der Waals surface area (Å²) in [5, 5.41) is 2.51. The van der Waals surface area contributed by atoms with Crippen molar-refractivity contribution in [2.24, 2.45) is 0 Å². The van der Waals surface area contributed by atoms with Crippen molar-refractivity contribution in [1.29, 1.82) is 0 Å². The van der Waals surface area contributed by atoms with Crippen molar-refractivity contribution in [3.63, 3.8) is 0 Å². The highest BCUT2D eigenvalue weighted by Gasteiger charge is 1.99. The van der Waals surface area contributed by atoms with Crippen molar-refractivity contribution < 1.29 is 4.79 Å². The molecule has 1 rings (SSSR count). The predicted molar refractivity (Wildman–Crippen MR) is 49.5 cm³/mol. The van der Waals surface area contributed by atoms with Gasteiger partial charge in [-0.3, -0.25) is 9.59 Å². The third-order valence-electron chi connectivity index (χ3n) is 1.77. The van der Waals surface area contributed by atoms with Crippen LogP contribution in [0.15, 0.2) is 23.3 Å². The summed E-state index contributed by atoms with van der Waals surface area (Å²) in [6, 6.07) is 1.46. The maximum atomic E-state index is 11.0. The molecule has 0 aliphatic carbocycles. The lowest BCUT2D eigenvalue weighted by atomic mass is 10.3. The largest absolute Gasteiger partial charge is 0.358 e. The van der Waals surface area contributed by atoms with Crippen molar-refractivity contribution in [3.8, 4) is 0 Å². The molecule has 1 amide bonds. The smallest absolute Gasteiger partial charge is 0.239 e. The van der Waals surface area contributed by atoms with E-state index in [9.17, 15) is 9.59 Å². The molecule has 0 aromatic carbocycles. The van der Waals surface area contributed by atoms with Gasteiger partial charge in [-0.25, -0.2) is 0 Å². The number of aromatic nitrogens is 1. The van der Waals surface area contributed by atoms with Crippen LogP contribution in [0.25, 0.3) is 0 Å². The summed E-state index contributed by atoms with van der Waals surface area (Å²) in [6.45, 7) is 1.97. The second kappa shape index (κ2) is 3.89. The quantitative estimate of drug-likeness (QED) is 0.691. The highest BCUT2D eigenvalue weighted by molar-refractivity contribution is 5.75. The number of carbonyl (C=O) groups is 1. The third-order valence-corrected chi connectivity index (χ3v) is 1.77. The van der Waals surface area contributed by atoms with Gasteiger partial charge in [0, 0.05) is 31.1 Å². The number of hydrogen-bond acceptors (Lipinski definition) is 2. The number of pyridine rings is 1. The van der Waals surface area contributed by atoms with Gasteiger partial charge in [0.2, 0.25) is 5.91 Å². The Balaban J connectivity index is 2.86. The summed E-state index contributed by atoms with van der Waals surface area (Å²) < 4.78 is 1.68. The van der Waals surface area contributed by atoms with Crippen LogP contribution in [0.5, 0.6) is 0 Å². The summed E-state index contributed by atoms with van der Waals surface area (Å²) in [7, 11) is 1.58. The molecule has 4 nitrogen and oxygen atoms in total. The van der Waals surface area contributed by atoms with E-state index in [1.807, 2.05) is 0 Å². The van der Waals surface area contributed by atoms with Crippen molar-refractivity contribution in [3.05, 3.63) is 34.2 Å². The van der Waals surface area contributed by atoms with Gasteiger partial charge in [-0.05, 0) is 6.92 Å². The molecule has 1 aromatic heterocycles. The molecule has 0 unspecified atom stereocenters. The van der Waals surface area contributed by atoms with E-state index in [1.54, 1.807) is 30.9 Å². The summed E-state index contributed by atoms with van der Waals surface area (Å²) in [4.78, 5) is 22.0. The van der Waals surface area contributed by atoms with Crippen LogP contribution in [-0.2, 0) is 11.3 Å². The van der Waals surface area contributed by atoms with Gasteiger partial charge in [0.05, 0.1) is 0 Å². The van der Waals surface area contributed by atoms with E-state index in [0.29, 0.717) is 5.56 Å². The Hall–Kier alpha value is -1.58. The second-order valence-electron chi connectivity index (χ2n) is 2.84. The number of hydrogen-bond donors (Lipinski definition) is 1. The van der Waals surface area contributed by atoms with E-state index >= 15 is 0 Å². The van der Waals surface area contributed by atoms with Crippen molar-refractivity contribution in [2.45, 2.75) is 13.5 Å². The van der Waals surface area contributed by atoms with Gasteiger partial charge in [-0.15, -0.1) is 0 Å². The molecule has 1 N–H and O–H groups in total. The van der Waals surface area contributed by atoms with Gasteiger partial charge in [0.25, 0.3) is 0 Å². The first-order valence-electron chi connectivity index (χ1n) is 4.01. The summed E-state index contributed by atoms with van der Waals surface area (Å²) in [5.74, 6) is -0.0805. The van der Waals surface area contributed by atoms with E-state index in [-0.39, 0.29) is 17.9 Å². The van der Waals surface area contributed by atoms with E-state index in [1.165, 1.54) is 6.07 Å². The molecule has 13 heavy (non-hydrogen) atoms. The molecular formula is C9H12N2O2. The van der Waals surface area contributed by atoms with Crippen LogP contribution >= 0.6 is 0 Å². The van der Waals surface area contributed by atoms with E-state index in [0.717, 1.165) is 0 Å². The fourth-order valence-corrected chi connectivity index (χ4v) is 0.993. The Morgan fingerprint density at radius 2 is 2.31 bits per heavy atom. The van der Waals surface area contributed by atoms with Gasteiger partial charge < -0.3 is 9.88 Å². The molecule has 1 aromatic rings. The molecule has 0 radical (unpaired) electrons. The van der Waals surface area contributed by atoms with Crippen molar-refractivity contribution in [2.75, 3.05) is 7.05 Å². The highest BCUT2D eigenvalue weighted by Crippen LogP contribution is 1.90. The van der Waals surface area contributed by atoms with Crippen LogP contribution < -0.4 is 10.7 Å². The number of carbonyl (C=O) groups excluding carboxylic acids is 1. The number of rotatable bonds is 2. The number of amides is 1. The molecule has 0 spiro atoms. The molecule has 0 saturated carbocycles. The van der Waals surface area contributed by atoms with Crippen molar-refractivity contribution in [1.82, 2.24) is 9.88 Å². The highest BCUT2D eigenvalue weighted by atomic mass is 16.1. The Morgan fingerprint density at radius 1 is 1.62 bits per heavy atom. The van der Waals surface area contributed by atoms with Crippen LogP contribution in [0.2, 0.25) is 0 Å². The molecule has 0 aliphatic rings. The molecule has 0 bridgehead atoms. The molecular weight excluding hydrogens is 168 g/mol. The number of aryl methyl sites for hydroxylation is 1. The third kappa shape index (κ3) is 2.43. The average molecular weight is 180 g/mol. The van der Waals surface area contributed by atoms with Crippen LogP contribution in [0.4, 0.5) is 0 Å². The predicted octanol–water partition coefficient (Wildman–Crippen LogP) is -0.0973. The van der Waals surface area contributed by atoms with Crippen molar-refractivity contribution >= 4 is 5.91 Å². The lowest BCUT2D eigenvalue weighted by Crippen LogP contribution is -2.24. The fraction of sp³-hybridized carbons (Fsp3) is 0.333. The first-order valence-corrected chi connectivity index (χ1v) is 4.01. The molecule has 70 valence electrons. The molecule has 0 fully saturated rings. The molecule has 0 saturated heterocycles. The van der Waals surface area contributed by atoms with Gasteiger partial charge >= 0.3 is 0 Å². The molecule has 1 heterocycles. The maximum absolute atomic E-state index is 11.0. The zero-order valence-electron chi connectivity index (χ0n) is 7.70. The minimum atomic E-state index is -0.0805. The second-order valence-corrected chi connectivity index (χ2v) is 2.84. The average Bonchev–Trinajstić information content (AvgIpc) is 2.11. The topological polar surface area (TPSA) is 51.1 Å². The summed E-state index contributed by atoms with van der Waals surface area (Å²) >= 11 is 0. The van der Waals surface area contributed by atoms with Crippen LogP contribution in [0, 0.1) is 6.92 Å². The van der Waals surface area contributed by atoms with Crippen LogP contribution in [0.1, 0.15) is 5.56 Å². The lowest BCUT2D eigenvalue weighted by Gasteiger charge is -2.04. The molecule has 0 atom stereocenters. The zero-order chi connectivity index (χ0) is 9.84. The first kappa shape index (κ1) is 9.51. The van der Waals surface area contributed by atoms with E-state index < -0.39 is 0 Å². The fourth-order valence-electron chi connectivity index (χ4n) is 0.993. The SMILES string of the molecule is CNC(=O)Cn1ccc(=O)c(C)c1. The van der Waals surface area contributed by atoms with E-state index in [4.69, 9.17) is 0 Å². The van der Waals surface area contributed by atoms with Gasteiger partial charge in [0.1, 0.15) is 6.54 Å². The lowest BCUT2D eigenvalue weighted by molar-refractivity contribution is -0.121. The monoisotopic (exact) mass is 180 g/mol. The summed E-state index contributed by atoms with van der Waals surface area (Å²) in [5.41, 5.74) is 0.638. The maximum Gasteiger partial charge on any atom is 0.239 e. The Labute approximate surface area is 76.2 Å². The van der Waals surface area contributed by atoms with Gasteiger partial charge in [-0.1, -0.05) is 0 Å². The number of nitrogens with zero attached hydrogens (tertiary/aromatic N) is 1. The molecule has 4 heteroatoms. The number of likely N-dealkylation sites (N-methyl/N-ethyl adjacent to an activating group) is 1. The minimum Gasteiger partial charge on any atom is -0.358 e.